The molecule has 2 aromatic heterocycles. The van der Waals surface area contributed by atoms with E-state index in [1.807, 2.05) is 18.3 Å². The van der Waals surface area contributed by atoms with Crippen LogP contribution in [0.4, 0.5) is 0 Å². The molecule has 4 rings (SSSR count). The lowest BCUT2D eigenvalue weighted by molar-refractivity contribution is 1.48. The van der Waals surface area contributed by atoms with Gasteiger partial charge in [0.25, 0.3) is 0 Å². The van der Waals surface area contributed by atoms with Gasteiger partial charge in [0.15, 0.2) is 1.41 Å². The molecule has 4 aromatic rings. The van der Waals surface area contributed by atoms with Gasteiger partial charge in [-0.1, -0.05) is 36.3 Å². The summed E-state index contributed by atoms with van der Waals surface area (Å²) in [4.78, 5) is 3.67. The predicted octanol–water partition coefficient (Wildman–Crippen LogP) is 4.34. The molecule has 0 amide bonds. The average molecular weight is 241 g/mol. The van der Waals surface area contributed by atoms with Crippen LogP contribution in [0.15, 0.2) is 72.9 Å². The summed E-state index contributed by atoms with van der Waals surface area (Å²) >= 11 is 0. The molecule has 2 nitrogen and oxygen atoms in total. The zero-order valence-corrected chi connectivity index (χ0v) is 9.41. The first kappa shape index (κ1) is 5.44. The summed E-state index contributed by atoms with van der Waals surface area (Å²) in [6.45, 7) is 0. The molecular weight excluding hydrogens is 220 g/mol. The topological polar surface area (TPSA) is 31.6 Å². The lowest BCUT2D eigenvalue weighted by atomic mass is 10.3. The normalized spacial score (nSPS) is 15.7. The molecule has 0 atom stereocenters. The lowest BCUT2D eigenvalue weighted by Gasteiger charge is -1.83. The highest BCUT2D eigenvalue weighted by Gasteiger charge is 1.87. The van der Waals surface area contributed by atoms with Gasteiger partial charge in [-0.3, -0.25) is 0 Å². The number of H-pyrrole nitrogens is 2. The summed E-state index contributed by atoms with van der Waals surface area (Å²) in [5.41, 5.74) is 1.08. The second-order valence-corrected chi connectivity index (χ2v) is 3.64. The molecule has 0 saturated heterocycles. The highest BCUT2D eigenvalue weighted by Crippen LogP contribution is 2.09. The second kappa shape index (κ2) is 4.80. The Hall–Kier alpha value is -2.48. The van der Waals surface area contributed by atoms with E-state index >= 15 is 0 Å². The summed E-state index contributed by atoms with van der Waals surface area (Å²) in [7, 11) is 0. The van der Waals surface area contributed by atoms with E-state index in [2.05, 4.69) is 23.2 Å². The van der Waals surface area contributed by atoms with Crippen molar-refractivity contribution >= 4 is 21.8 Å². The summed E-state index contributed by atoms with van der Waals surface area (Å²) < 4.78 is 52.4. The molecule has 0 fully saturated rings. The van der Waals surface area contributed by atoms with Gasteiger partial charge in [0.05, 0.1) is 8.22 Å². The van der Waals surface area contributed by atoms with Crippen LogP contribution in [-0.4, -0.2) is 9.96 Å². The molecule has 0 aliphatic carbocycles. The summed E-state index contributed by atoms with van der Waals surface area (Å²) in [5.74, 6) is 0. The number of hydrogen-bond donors (Lipinski definition) is 2. The third-order valence-electron chi connectivity index (χ3n) is 2.48. The molecule has 2 N–H and O–H groups in total. The number of fused-ring (bicyclic) bond motifs is 2. The van der Waals surface area contributed by atoms with Crippen LogP contribution in [0.1, 0.15) is 8.22 Å². The van der Waals surface area contributed by atoms with E-state index in [9.17, 15) is 0 Å². The van der Waals surface area contributed by atoms with Crippen LogP contribution in [0.3, 0.4) is 0 Å². The van der Waals surface area contributed by atoms with Crippen molar-refractivity contribution in [1.82, 2.24) is 9.96 Å². The van der Waals surface area contributed by atoms with Gasteiger partial charge in [0, 0.05) is 23.4 Å². The van der Waals surface area contributed by atoms with Gasteiger partial charge in [0.2, 0.25) is 0 Å². The van der Waals surface area contributed by atoms with Crippen molar-refractivity contribution in [2.75, 3.05) is 0 Å². The van der Waals surface area contributed by atoms with E-state index in [4.69, 9.17) is 9.64 Å². The van der Waals surface area contributed by atoms with Crippen LogP contribution in [0.2, 0.25) is 1.41 Å². The molecule has 0 aliphatic rings. The van der Waals surface area contributed by atoms with E-state index in [0.29, 0.717) is 4.98 Å². The van der Waals surface area contributed by atoms with Crippen molar-refractivity contribution in [3.8, 4) is 0 Å². The highest BCUT2D eigenvalue weighted by molar-refractivity contribution is 5.79. The Balaban J connectivity index is 0.000000170. The van der Waals surface area contributed by atoms with Crippen LogP contribution < -0.4 is 0 Å². The highest BCUT2D eigenvalue weighted by atomic mass is 14.7. The Morgan fingerprint density at radius 2 is 1.78 bits per heavy atom. The van der Waals surface area contributed by atoms with Gasteiger partial charge in [-0.25, -0.2) is 0 Å². The van der Waals surface area contributed by atoms with Gasteiger partial charge in [0.1, 0.15) is 0 Å². The Labute approximate surface area is 115 Å². The monoisotopic (exact) mass is 241 g/mol. The van der Waals surface area contributed by atoms with Crippen LogP contribution >= 0.6 is 0 Å². The molecule has 2 heteroatoms. The lowest BCUT2D eigenvalue weighted by Crippen LogP contribution is -1.61. The second-order valence-electron chi connectivity index (χ2n) is 3.64. The van der Waals surface area contributed by atoms with Gasteiger partial charge in [-0.15, -0.1) is 0 Å². The van der Waals surface area contributed by atoms with Crippen molar-refractivity contribution in [3.63, 3.8) is 0 Å². The fourth-order valence-corrected chi connectivity index (χ4v) is 1.61. The van der Waals surface area contributed by atoms with Gasteiger partial charge >= 0.3 is 0 Å². The zero-order chi connectivity index (χ0) is 18.3. The Morgan fingerprint density at radius 3 is 2.72 bits per heavy atom. The van der Waals surface area contributed by atoms with Crippen molar-refractivity contribution in [2.45, 2.75) is 0 Å². The summed E-state index contributed by atoms with van der Waals surface area (Å²) in [6, 6.07) is 8.27. The van der Waals surface area contributed by atoms with E-state index in [1.54, 1.807) is 0 Å². The number of benzene rings is 2. The van der Waals surface area contributed by atoms with E-state index in [0.717, 1.165) is 0 Å². The number of aromatic amines is 2. The third-order valence-corrected chi connectivity index (χ3v) is 2.48. The molecule has 0 radical (unpaired) electrons. The number of rotatable bonds is 0. The Bertz CT molecular complexity index is 1000. The van der Waals surface area contributed by atoms with Crippen LogP contribution in [-0.2, 0) is 0 Å². The smallest absolute Gasteiger partial charge is 0.166 e. The van der Waals surface area contributed by atoms with Crippen molar-refractivity contribution in [3.05, 3.63) is 72.9 Å². The predicted molar refractivity (Wildman–Crippen MR) is 76.6 cm³/mol. The number of nitrogens with one attached hydrogen (secondary N) is 2. The largest absolute Gasteiger partial charge is 0.361 e. The SMILES string of the molecule is [2H]c1c([2H])c([2H])c2c(c1[2H])c([2H])c([2H])n2[2H].c1ccc2[nH]ccc2c1. The minimum atomic E-state index is -0.455. The summed E-state index contributed by atoms with van der Waals surface area (Å²) in [6.07, 6.45) is 1.51. The fraction of sp³-hybridized carbons (Fsp3) is 0. The molecule has 88 valence electrons. The van der Waals surface area contributed by atoms with Crippen molar-refractivity contribution in [1.29, 1.82) is 0 Å². The molecule has 0 aliphatic heterocycles. The molecule has 2 heterocycles. The number of para-hydroxylation sites is 2. The maximum atomic E-state index is 7.59. The Morgan fingerprint density at radius 1 is 0.889 bits per heavy atom. The number of aromatic nitrogens is 2. The first-order chi connectivity index (χ1) is 11.8. The molecule has 18 heavy (non-hydrogen) atoms. The van der Waals surface area contributed by atoms with E-state index in [-0.39, 0.29) is 23.0 Å². The minimum absolute atomic E-state index is 0.0778. The molecule has 0 saturated carbocycles. The molecular formula is C16H14N2. The maximum Gasteiger partial charge on any atom is 0.166 e. The van der Waals surface area contributed by atoms with Gasteiger partial charge in [-0.2, -0.15) is 0 Å². The zero-order valence-electron chi connectivity index (χ0n) is 16.4. The molecule has 0 bridgehead atoms. The maximum absolute atomic E-state index is 7.59. The standard InChI is InChI=1S/2C8H7N/c2*1-2-4-8-7(3-1)5-6-9-8/h2*1-6,9H/i1D,2D,3D,4D,5D,6D;/hD. The first-order valence-corrected chi connectivity index (χ1v) is 5.44. The Kier molecular flexibility index (Phi) is 1.45. The van der Waals surface area contributed by atoms with Crippen LogP contribution in [0.5, 0.6) is 0 Å². The fourth-order valence-electron chi connectivity index (χ4n) is 1.61. The van der Waals surface area contributed by atoms with Gasteiger partial charge in [-0.05, 0) is 35.0 Å². The quantitative estimate of drug-likeness (QED) is 0.459. The summed E-state index contributed by atoms with van der Waals surface area (Å²) in [5, 5.41) is 1.20. The van der Waals surface area contributed by atoms with Gasteiger partial charge < -0.3 is 9.96 Å². The number of hydrogen-bond acceptors (Lipinski definition) is 0. The van der Waals surface area contributed by atoms with Crippen molar-refractivity contribution < 1.29 is 9.64 Å². The van der Waals surface area contributed by atoms with Crippen molar-refractivity contribution in [2.24, 2.45) is 0 Å². The van der Waals surface area contributed by atoms with Crippen LogP contribution in [0, 0.1) is 0 Å². The first-order valence-electron chi connectivity index (χ1n) is 8.88. The molecule has 0 unspecified atom stereocenters. The van der Waals surface area contributed by atoms with E-state index < -0.39 is 24.3 Å². The minimum Gasteiger partial charge on any atom is -0.361 e. The molecule has 2 aromatic carbocycles. The van der Waals surface area contributed by atoms with Crippen LogP contribution in [0.25, 0.3) is 21.8 Å². The average Bonchev–Trinajstić information content (AvgIpc) is 3.17. The third kappa shape index (κ3) is 2.13. The van der Waals surface area contributed by atoms with E-state index in [1.165, 1.54) is 10.9 Å². The molecule has 0 spiro atoms.